The van der Waals surface area contributed by atoms with Crippen LogP contribution in [-0.4, -0.2) is 35.4 Å². The predicted octanol–water partition coefficient (Wildman–Crippen LogP) is 15.3. The van der Waals surface area contributed by atoms with Crippen molar-refractivity contribution < 1.29 is 33.5 Å². The minimum atomic E-state index is 0.0417. The number of hydrogen-bond donors (Lipinski definition) is 2. The second kappa shape index (κ2) is 36.0. The average Bonchev–Trinajstić information content (AvgIpc) is 3.39. The van der Waals surface area contributed by atoms with Crippen molar-refractivity contribution in [1.29, 1.82) is 0 Å². The largest absolute Gasteiger partial charge is 0.429 e. The molecule has 0 saturated heterocycles. The quantitative estimate of drug-likeness (QED) is 0.0507. The number of nitrogen functional groups attached to an aromatic ring is 2. The van der Waals surface area contributed by atoms with Gasteiger partial charge in [0.25, 0.3) is 6.47 Å². The van der Waals surface area contributed by atoms with Crippen LogP contribution in [0.1, 0.15) is 187 Å². The highest BCUT2D eigenvalue weighted by atomic mass is 16.5. The first kappa shape index (κ1) is 71.5. The topological polar surface area (TPSA) is 164 Å². The second-order valence-corrected chi connectivity index (χ2v) is 22.7. The van der Waals surface area contributed by atoms with Crippen molar-refractivity contribution in [3.05, 3.63) is 156 Å². The van der Waals surface area contributed by atoms with E-state index in [2.05, 4.69) is 78.8 Å². The molecular weight excluding hydrogens is 993 g/mol. The van der Waals surface area contributed by atoms with E-state index in [4.69, 9.17) is 16.2 Å². The van der Waals surface area contributed by atoms with Crippen LogP contribution in [0.15, 0.2) is 72.8 Å². The van der Waals surface area contributed by atoms with Gasteiger partial charge in [-0.3, -0.25) is 28.8 Å². The monoisotopic (exact) mass is 1090 g/mol. The molecule has 438 valence electrons. The SMILES string of the molecule is CCc1c(C)cc(N)cc1CC(=O)C(C)C.CCc1c(C)cccc1CC(=O)C(C)C.CCc1cc(N)cc(C)c1CC(=O)C(C)C.CCc1cc(OC=O)cc(C)c1CC(=O)C(C)C.CCc1cccc(C)c1CC(=O)C(C)C. The van der Waals surface area contributed by atoms with E-state index in [-0.39, 0.29) is 41.2 Å². The van der Waals surface area contributed by atoms with Crippen molar-refractivity contribution in [2.75, 3.05) is 11.5 Å². The third kappa shape index (κ3) is 23.7. The van der Waals surface area contributed by atoms with E-state index in [1.165, 1.54) is 50.1 Å². The standard InChI is InChI=1S/C15H20O3.2C14H21NO.2C14H20O/c1-5-12-7-13(18-9-16)6-11(4)14(12)8-15(17)10(2)3;1-5-13-10(4)6-12(15)7-11(13)8-14(16)9(2)3;1-5-11-7-12(15)6-10(4)13(11)8-14(16)9(2)3;1-5-13-11(4)7-6-8-12(13)9-14(15)10(2)3;1-5-12-8-6-7-11(4)13(12)9-14(15)10(2)3/h6-7,9-10H,5,8H2,1-4H3;2*6-7,9H,5,8,15H2,1-4H3;2*6-8,10H,5,9H2,1-4H3. The van der Waals surface area contributed by atoms with E-state index < -0.39 is 0 Å². The number of rotatable bonds is 22. The van der Waals surface area contributed by atoms with E-state index >= 15 is 0 Å². The van der Waals surface area contributed by atoms with Gasteiger partial charge in [0, 0.05) is 73.1 Å². The maximum atomic E-state index is 11.9. The first-order valence-corrected chi connectivity index (χ1v) is 29.3. The average molecular weight is 1100 g/mol. The Kier molecular flexibility index (Phi) is 32.2. The Morgan fingerprint density at radius 3 is 1.07 bits per heavy atom. The molecule has 9 nitrogen and oxygen atoms in total. The summed E-state index contributed by atoms with van der Waals surface area (Å²) in [5.41, 5.74) is 31.0. The molecule has 0 bridgehead atoms. The van der Waals surface area contributed by atoms with E-state index in [1.807, 2.05) is 126 Å². The van der Waals surface area contributed by atoms with Crippen LogP contribution in [-0.2, 0) is 93.0 Å². The molecule has 9 heteroatoms. The summed E-state index contributed by atoms with van der Waals surface area (Å²) in [6.45, 7) is 40.6. The van der Waals surface area contributed by atoms with Crippen LogP contribution in [0.5, 0.6) is 5.75 Å². The highest BCUT2D eigenvalue weighted by molar-refractivity contribution is 5.85. The van der Waals surface area contributed by atoms with Crippen LogP contribution in [0.25, 0.3) is 0 Å². The van der Waals surface area contributed by atoms with Crippen LogP contribution in [0, 0.1) is 64.2 Å². The number of benzene rings is 5. The number of ketones is 5. The highest BCUT2D eigenvalue weighted by Gasteiger charge is 2.18. The van der Waals surface area contributed by atoms with Gasteiger partial charge in [-0.15, -0.1) is 0 Å². The Bertz CT molecular complexity index is 2830. The zero-order valence-electron chi connectivity index (χ0n) is 53.0. The van der Waals surface area contributed by atoms with Crippen molar-refractivity contribution in [1.82, 2.24) is 0 Å². The molecule has 0 aliphatic rings. The number of anilines is 2. The van der Waals surface area contributed by atoms with Crippen LogP contribution in [0.3, 0.4) is 0 Å². The van der Waals surface area contributed by atoms with Gasteiger partial charge in [-0.1, -0.05) is 140 Å². The molecule has 5 rings (SSSR count). The summed E-state index contributed by atoms with van der Waals surface area (Å²) in [5, 5.41) is 0. The molecule has 0 amide bonds. The van der Waals surface area contributed by atoms with Gasteiger partial charge in [-0.25, -0.2) is 0 Å². The highest BCUT2D eigenvalue weighted by Crippen LogP contribution is 2.26. The predicted molar refractivity (Wildman–Crippen MR) is 336 cm³/mol. The maximum absolute atomic E-state index is 11.9. The molecule has 0 atom stereocenters. The zero-order chi connectivity index (χ0) is 61.1. The molecule has 5 aromatic rings. The number of Topliss-reactive ketones (excluding diaryl/α,β-unsaturated/α-hetero) is 5. The van der Waals surface area contributed by atoms with Gasteiger partial charge in [0.15, 0.2) is 0 Å². The Hall–Kier alpha value is -6.48. The zero-order valence-corrected chi connectivity index (χ0v) is 53.0. The van der Waals surface area contributed by atoms with Gasteiger partial charge in [0.2, 0.25) is 0 Å². The van der Waals surface area contributed by atoms with Crippen LogP contribution in [0.2, 0.25) is 0 Å². The summed E-state index contributed by atoms with van der Waals surface area (Å²) in [6.07, 6.45) is 7.37. The Balaban J connectivity index is 0.000000501. The maximum Gasteiger partial charge on any atom is 0.298 e. The Morgan fingerprint density at radius 1 is 0.375 bits per heavy atom. The van der Waals surface area contributed by atoms with Crippen LogP contribution in [0.4, 0.5) is 11.4 Å². The van der Waals surface area contributed by atoms with Crippen molar-refractivity contribution in [3.8, 4) is 5.75 Å². The van der Waals surface area contributed by atoms with Gasteiger partial charge in [0.1, 0.15) is 34.7 Å². The van der Waals surface area contributed by atoms with Gasteiger partial charge >= 0.3 is 0 Å². The molecule has 0 radical (unpaired) electrons. The number of ether oxygens (including phenoxy) is 1. The van der Waals surface area contributed by atoms with Crippen LogP contribution < -0.4 is 16.2 Å². The molecular formula is C71H102N2O7. The lowest BCUT2D eigenvalue weighted by Gasteiger charge is -2.14. The van der Waals surface area contributed by atoms with E-state index in [9.17, 15) is 28.8 Å². The number of carbonyl (C=O) groups excluding carboxylic acids is 6. The molecule has 0 spiro atoms. The van der Waals surface area contributed by atoms with Gasteiger partial charge in [-0.2, -0.15) is 0 Å². The fourth-order valence-electron chi connectivity index (χ4n) is 9.32. The van der Waals surface area contributed by atoms with Crippen molar-refractivity contribution >= 4 is 46.8 Å². The molecule has 0 unspecified atom stereocenters. The number of nitrogens with two attached hydrogens (primary N) is 2. The minimum Gasteiger partial charge on any atom is -0.429 e. The lowest BCUT2D eigenvalue weighted by atomic mass is 9.92. The fraction of sp³-hybridized carbons (Fsp3) is 0.493. The first-order chi connectivity index (χ1) is 37.5. The van der Waals surface area contributed by atoms with Crippen molar-refractivity contribution in [2.45, 2.75) is 203 Å². The fourth-order valence-corrected chi connectivity index (χ4v) is 9.32. The van der Waals surface area contributed by atoms with E-state index in [1.54, 1.807) is 6.07 Å². The summed E-state index contributed by atoms with van der Waals surface area (Å²) in [4.78, 5) is 69.2. The summed E-state index contributed by atoms with van der Waals surface area (Å²) in [6, 6.07) is 24.0. The van der Waals surface area contributed by atoms with E-state index in [0.29, 0.717) is 61.7 Å². The number of aryl methyl sites for hydroxylation is 8. The van der Waals surface area contributed by atoms with E-state index in [0.717, 1.165) is 76.9 Å². The summed E-state index contributed by atoms with van der Waals surface area (Å²) < 4.78 is 4.87. The molecule has 0 aromatic heterocycles. The molecule has 0 fully saturated rings. The van der Waals surface area contributed by atoms with Crippen molar-refractivity contribution in [2.24, 2.45) is 29.6 Å². The lowest BCUT2D eigenvalue weighted by Crippen LogP contribution is -2.13. The first-order valence-electron chi connectivity index (χ1n) is 29.3. The molecule has 0 heterocycles. The Morgan fingerprint density at radius 2 is 0.688 bits per heavy atom. The second-order valence-electron chi connectivity index (χ2n) is 22.7. The van der Waals surface area contributed by atoms with Gasteiger partial charge in [0.05, 0.1) is 0 Å². The van der Waals surface area contributed by atoms with Crippen LogP contribution >= 0.6 is 0 Å². The molecule has 0 saturated carbocycles. The smallest absolute Gasteiger partial charge is 0.298 e. The molecule has 0 aliphatic carbocycles. The molecule has 4 N–H and O–H groups in total. The molecule has 80 heavy (non-hydrogen) atoms. The summed E-state index contributed by atoms with van der Waals surface area (Å²) in [5.74, 6) is 2.51. The third-order valence-corrected chi connectivity index (χ3v) is 14.8. The summed E-state index contributed by atoms with van der Waals surface area (Å²) in [7, 11) is 0. The normalized spacial score (nSPS) is 10.7. The van der Waals surface area contributed by atoms with Gasteiger partial charge < -0.3 is 16.2 Å². The van der Waals surface area contributed by atoms with Crippen molar-refractivity contribution in [3.63, 3.8) is 0 Å². The third-order valence-electron chi connectivity index (χ3n) is 14.8. The Labute approximate surface area is 483 Å². The summed E-state index contributed by atoms with van der Waals surface area (Å²) >= 11 is 0. The number of hydrogen-bond acceptors (Lipinski definition) is 9. The van der Waals surface area contributed by atoms with Gasteiger partial charge in [-0.05, 0) is 187 Å². The minimum absolute atomic E-state index is 0.0417. The lowest BCUT2D eigenvalue weighted by molar-refractivity contribution is -0.122. The molecule has 0 aliphatic heterocycles. The molecule has 5 aromatic carbocycles. The number of carbonyl (C=O) groups is 6.